The van der Waals surface area contributed by atoms with Gasteiger partial charge in [0.15, 0.2) is 0 Å². The van der Waals surface area contributed by atoms with Crippen molar-refractivity contribution in [2.45, 2.75) is 18.8 Å². The Hall–Kier alpha value is -4.78. The highest BCUT2D eigenvalue weighted by atomic mass is 19.1. The standard InChI is InChI=1S/C33H26F2N2O3/c34-26-9-5-22(6-10-26)25-14-15-37(19-25)33(39)24-3-1-2-20(17-24)16-21-4-13-29-28(18-21)30(32(36)38)31(40-29)23-7-11-27(35)12-8-23/h1-13,17-18,25H,14-16,19H2,(H2,36,38). The van der Waals surface area contributed by atoms with E-state index in [0.717, 1.165) is 23.1 Å². The number of carbonyl (C=O) groups excluding carboxylic acids is 2. The van der Waals surface area contributed by atoms with Crippen LogP contribution in [0, 0.1) is 11.6 Å². The molecule has 2 amide bonds. The summed E-state index contributed by atoms with van der Waals surface area (Å²) in [5, 5.41) is 0.584. The number of amides is 2. The minimum atomic E-state index is -0.632. The SMILES string of the molecule is NC(=O)c1c(-c2ccc(F)cc2)oc2ccc(Cc3cccc(C(=O)N4CCC(c5ccc(F)cc5)C4)c3)cc12. The van der Waals surface area contributed by atoms with E-state index in [-0.39, 0.29) is 29.0 Å². The lowest BCUT2D eigenvalue weighted by Crippen LogP contribution is -2.28. The molecule has 1 saturated heterocycles. The van der Waals surface area contributed by atoms with Crippen molar-refractivity contribution in [2.24, 2.45) is 5.73 Å². The van der Waals surface area contributed by atoms with E-state index in [9.17, 15) is 18.4 Å². The zero-order chi connectivity index (χ0) is 27.8. The molecular formula is C33H26F2N2O3. The first kappa shape index (κ1) is 25.5. The van der Waals surface area contributed by atoms with Crippen LogP contribution in [0.5, 0.6) is 0 Å². The molecule has 40 heavy (non-hydrogen) atoms. The van der Waals surface area contributed by atoms with E-state index >= 15 is 0 Å². The molecule has 0 saturated carbocycles. The molecule has 4 aromatic carbocycles. The Morgan fingerprint density at radius 3 is 2.30 bits per heavy atom. The van der Waals surface area contributed by atoms with Crippen molar-refractivity contribution < 1.29 is 22.8 Å². The Labute approximate surface area is 229 Å². The highest BCUT2D eigenvalue weighted by molar-refractivity contribution is 6.10. The van der Waals surface area contributed by atoms with Crippen LogP contribution >= 0.6 is 0 Å². The zero-order valence-corrected chi connectivity index (χ0v) is 21.6. The smallest absolute Gasteiger partial charge is 0.253 e. The van der Waals surface area contributed by atoms with Crippen molar-refractivity contribution in [1.82, 2.24) is 4.90 Å². The highest BCUT2D eigenvalue weighted by Gasteiger charge is 2.28. The van der Waals surface area contributed by atoms with Gasteiger partial charge in [-0.3, -0.25) is 9.59 Å². The van der Waals surface area contributed by atoms with Gasteiger partial charge in [0.1, 0.15) is 23.0 Å². The second-order valence-corrected chi connectivity index (χ2v) is 10.2. The number of nitrogens with zero attached hydrogens (tertiary/aromatic N) is 1. The first-order valence-corrected chi connectivity index (χ1v) is 13.1. The molecule has 1 unspecified atom stereocenters. The van der Waals surface area contributed by atoms with Gasteiger partial charge in [0, 0.05) is 35.5 Å². The van der Waals surface area contributed by atoms with Crippen molar-refractivity contribution >= 4 is 22.8 Å². The number of nitrogens with two attached hydrogens (primary N) is 1. The fourth-order valence-corrected chi connectivity index (χ4v) is 5.49. The van der Waals surface area contributed by atoms with Crippen molar-refractivity contribution in [3.8, 4) is 11.3 Å². The van der Waals surface area contributed by atoms with Gasteiger partial charge < -0.3 is 15.1 Å². The number of carbonyl (C=O) groups is 2. The Balaban J connectivity index is 1.23. The number of fused-ring (bicyclic) bond motifs is 1. The largest absolute Gasteiger partial charge is 0.455 e. The van der Waals surface area contributed by atoms with Gasteiger partial charge in [0.05, 0.1) is 5.56 Å². The first-order valence-electron chi connectivity index (χ1n) is 13.1. The van der Waals surface area contributed by atoms with Gasteiger partial charge in [0.2, 0.25) is 0 Å². The van der Waals surface area contributed by atoms with E-state index in [1.807, 2.05) is 41.3 Å². The number of furan rings is 1. The maximum absolute atomic E-state index is 13.4. The molecule has 1 aromatic heterocycles. The lowest BCUT2D eigenvalue weighted by atomic mass is 9.98. The normalized spacial score (nSPS) is 15.1. The average Bonchev–Trinajstić information content (AvgIpc) is 3.59. The predicted octanol–water partition coefficient (Wildman–Crippen LogP) is 6.70. The summed E-state index contributed by atoms with van der Waals surface area (Å²) in [7, 11) is 0. The molecule has 1 atom stereocenters. The monoisotopic (exact) mass is 536 g/mol. The fraction of sp³-hybridized carbons (Fsp3) is 0.152. The van der Waals surface area contributed by atoms with Crippen LogP contribution in [0.4, 0.5) is 8.78 Å². The van der Waals surface area contributed by atoms with Crippen LogP contribution in [0.2, 0.25) is 0 Å². The van der Waals surface area contributed by atoms with Gasteiger partial charge in [-0.2, -0.15) is 0 Å². The summed E-state index contributed by atoms with van der Waals surface area (Å²) in [6.07, 6.45) is 1.37. The summed E-state index contributed by atoms with van der Waals surface area (Å²) in [5.41, 5.74) is 10.6. The van der Waals surface area contributed by atoms with Crippen LogP contribution in [0.1, 0.15) is 49.7 Å². The number of benzene rings is 4. The second kappa shape index (κ2) is 10.4. The molecule has 1 aliphatic rings. The van der Waals surface area contributed by atoms with Gasteiger partial charge in [-0.15, -0.1) is 0 Å². The third-order valence-electron chi connectivity index (χ3n) is 7.50. The van der Waals surface area contributed by atoms with E-state index in [1.165, 1.54) is 24.3 Å². The molecule has 2 heterocycles. The lowest BCUT2D eigenvalue weighted by Gasteiger charge is -2.17. The summed E-state index contributed by atoms with van der Waals surface area (Å²) in [5.74, 6) is -0.826. The molecule has 5 nitrogen and oxygen atoms in total. The van der Waals surface area contributed by atoms with E-state index < -0.39 is 5.91 Å². The number of rotatable bonds is 6. The Morgan fingerprint density at radius 1 is 0.875 bits per heavy atom. The van der Waals surface area contributed by atoms with Gasteiger partial charge in [-0.25, -0.2) is 8.78 Å². The molecule has 0 radical (unpaired) electrons. The maximum atomic E-state index is 13.4. The molecule has 7 heteroatoms. The van der Waals surface area contributed by atoms with Crippen molar-refractivity contribution in [3.05, 3.63) is 130 Å². The molecule has 0 aliphatic carbocycles. The fourth-order valence-electron chi connectivity index (χ4n) is 5.49. The van der Waals surface area contributed by atoms with Gasteiger partial charge >= 0.3 is 0 Å². The number of halogens is 2. The summed E-state index contributed by atoms with van der Waals surface area (Å²) in [6, 6.07) is 25.3. The summed E-state index contributed by atoms with van der Waals surface area (Å²) < 4.78 is 32.7. The molecule has 6 rings (SSSR count). The predicted molar refractivity (Wildman–Crippen MR) is 149 cm³/mol. The molecule has 2 N–H and O–H groups in total. The number of primary amides is 1. The van der Waals surface area contributed by atoms with Crippen LogP contribution < -0.4 is 5.73 Å². The second-order valence-electron chi connectivity index (χ2n) is 10.2. The third kappa shape index (κ3) is 4.98. The Kier molecular flexibility index (Phi) is 6.64. The van der Waals surface area contributed by atoms with Crippen molar-refractivity contribution in [3.63, 3.8) is 0 Å². The highest BCUT2D eigenvalue weighted by Crippen LogP contribution is 2.35. The summed E-state index contributed by atoms with van der Waals surface area (Å²) in [4.78, 5) is 27.6. The minimum absolute atomic E-state index is 0.0308. The maximum Gasteiger partial charge on any atom is 0.253 e. The molecule has 0 spiro atoms. The number of hydrogen-bond donors (Lipinski definition) is 1. The average molecular weight is 537 g/mol. The first-order chi connectivity index (χ1) is 19.4. The summed E-state index contributed by atoms with van der Waals surface area (Å²) in [6.45, 7) is 1.24. The van der Waals surface area contributed by atoms with Gasteiger partial charge in [-0.05, 0) is 90.2 Å². The van der Waals surface area contributed by atoms with Crippen LogP contribution in [-0.2, 0) is 6.42 Å². The number of likely N-dealkylation sites (tertiary alicyclic amines) is 1. The van der Waals surface area contributed by atoms with Crippen LogP contribution in [-0.4, -0.2) is 29.8 Å². The van der Waals surface area contributed by atoms with E-state index in [1.54, 1.807) is 30.3 Å². The van der Waals surface area contributed by atoms with Crippen LogP contribution in [0.25, 0.3) is 22.3 Å². The van der Waals surface area contributed by atoms with Gasteiger partial charge in [0.25, 0.3) is 11.8 Å². The molecule has 1 aliphatic heterocycles. The van der Waals surface area contributed by atoms with Crippen LogP contribution in [0.15, 0.2) is 95.4 Å². The van der Waals surface area contributed by atoms with E-state index in [0.29, 0.717) is 47.4 Å². The van der Waals surface area contributed by atoms with E-state index in [4.69, 9.17) is 10.2 Å². The molecule has 1 fully saturated rings. The molecule has 5 aromatic rings. The quantitative estimate of drug-likeness (QED) is 0.262. The third-order valence-corrected chi connectivity index (χ3v) is 7.50. The van der Waals surface area contributed by atoms with Crippen LogP contribution in [0.3, 0.4) is 0 Å². The van der Waals surface area contributed by atoms with Gasteiger partial charge in [-0.1, -0.05) is 30.3 Å². The summed E-state index contributed by atoms with van der Waals surface area (Å²) >= 11 is 0. The van der Waals surface area contributed by atoms with E-state index in [2.05, 4.69) is 0 Å². The minimum Gasteiger partial charge on any atom is -0.455 e. The Bertz CT molecular complexity index is 1730. The molecule has 200 valence electrons. The number of hydrogen-bond acceptors (Lipinski definition) is 3. The topological polar surface area (TPSA) is 76.5 Å². The zero-order valence-electron chi connectivity index (χ0n) is 21.6. The van der Waals surface area contributed by atoms with Crippen molar-refractivity contribution in [1.29, 1.82) is 0 Å². The lowest BCUT2D eigenvalue weighted by molar-refractivity contribution is 0.0790. The van der Waals surface area contributed by atoms with Crippen molar-refractivity contribution in [2.75, 3.05) is 13.1 Å². The molecular weight excluding hydrogens is 510 g/mol. The Morgan fingerprint density at radius 2 is 1.57 bits per heavy atom. The molecule has 0 bridgehead atoms.